The van der Waals surface area contributed by atoms with Crippen LogP contribution in [0.2, 0.25) is 5.02 Å². The Balaban J connectivity index is 1.81. The number of nitrogens with two attached hydrogens (primary N) is 1. The van der Waals surface area contributed by atoms with Gasteiger partial charge in [-0.05, 0) is 43.3 Å². The van der Waals surface area contributed by atoms with Gasteiger partial charge in [-0.1, -0.05) is 35.4 Å². The van der Waals surface area contributed by atoms with E-state index in [4.69, 9.17) is 17.3 Å². The zero-order valence-electron chi connectivity index (χ0n) is 16.4. The molecule has 0 spiro atoms. The fourth-order valence-corrected chi connectivity index (χ4v) is 2.82. The van der Waals surface area contributed by atoms with Crippen molar-refractivity contribution >= 4 is 40.8 Å². The molecule has 30 heavy (non-hydrogen) atoms. The number of amidine groups is 1. The van der Waals surface area contributed by atoms with E-state index in [0.717, 1.165) is 11.1 Å². The van der Waals surface area contributed by atoms with Crippen LogP contribution in [0.4, 0.5) is 11.5 Å². The van der Waals surface area contributed by atoms with E-state index in [1.54, 1.807) is 55.6 Å². The number of hydrogen-bond acceptors (Lipinski definition) is 4. The molecule has 0 radical (unpaired) electrons. The van der Waals surface area contributed by atoms with Crippen LogP contribution in [0.15, 0.2) is 65.8 Å². The van der Waals surface area contributed by atoms with Crippen LogP contribution in [-0.2, 0) is 0 Å². The number of halogens is 1. The first-order chi connectivity index (χ1) is 14.4. The molecule has 0 bridgehead atoms. The van der Waals surface area contributed by atoms with Crippen molar-refractivity contribution in [3.05, 3.63) is 88.1 Å². The van der Waals surface area contributed by atoms with Crippen molar-refractivity contribution in [1.82, 2.24) is 4.98 Å². The maximum Gasteiger partial charge on any atom is 0.258 e. The third-order valence-corrected chi connectivity index (χ3v) is 4.54. The molecule has 0 saturated heterocycles. The molecular weight excluding hydrogens is 402 g/mol. The first-order valence-corrected chi connectivity index (χ1v) is 9.43. The molecule has 3 aromatic rings. The Morgan fingerprint density at radius 3 is 2.30 bits per heavy atom. The number of carbonyl (C=O) groups is 2. The van der Waals surface area contributed by atoms with E-state index in [0.29, 0.717) is 33.5 Å². The van der Waals surface area contributed by atoms with Gasteiger partial charge in [-0.15, -0.1) is 0 Å². The molecule has 4 N–H and O–H groups in total. The molecule has 2 amide bonds. The molecule has 0 saturated carbocycles. The molecule has 2 aromatic carbocycles. The van der Waals surface area contributed by atoms with Crippen molar-refractivity contribution in [2.45, 2.75) is 6.92 Å². The van der Waals surface area contributed by atoms with Crippen molar-refractivity contribution in [3.63, 3.8) is 0 Å². The van der Waals surface area contributed by atoms with E-state index in [1.165, 1.54) is 6.20 Å². The van der Waals surface area contributed by atoms with Crippen molar-refractivity contribution in [1.29, 1.82) is 0 Å². The number of benzene rings is 2. The van der Waals surface area contributed by atoms with Gasteiger partial charge in [0, 0.05) is 24.4 Å². The minimum Gasteiger partial charge on any atom is -0.384 e. The topological polar surface area (TPSA) is 109 Å². The van der Waals surface area contributed by atoms with Gasteiger partial charge in [0.05, 0.1) is 16.3 Å². The van der Waals surface area contributed by atoms with Gasteiger partial charge < -0.3 is 16.4 Å². The second-order valence-electron chi connectivity index (χ2n) is 6.51. The first kappa shape index (κ1) is 21.0. The summed E-state index contributed by atoms with van der Waals surface area (Å²) in [6.45, 7) is 1.86. The fraction of sp³-hybridized carbons (Fsp3) is 0.0909. The van der Waals surface area contributed by atoms with Crippen LogP contribution in [0.1, 0.15) is 31.8 Å². The summed E-state index contributed by atoms with van der Waals surface area (Å²) >= 11 is 5.83. The lowest BCUT2D eigenvalue weighted by Crippen LogP contribution is -2.19. The highest BCUT2D eigenvalue weighted by Crippen LogP contribution is 2.20. The summed E-state index contributed by atoms with van der Waals surface area (Å²) in [5.74, 6) is -0.00797. The van der Waals surface area contributed by atoms with E-state index in [1.807, 2.05) is 13.0 Å². The van der Waals surface area contributed by atoms with Gasteiger partial charge in [0.1, 0.15) is 11.7 Å². The van der Waals surface area contributed by atoms with E-state index in [9.17, 15) is 9.59 Å². The highest BCUT2D eigenvalue weighted by atomic mass is 35.5. The quantitative estimate of drug-likeness (QED) is 0.429. The Bertz CT molecular complexity index is 1110. The van der Waals surface area contributed by atoms with Crippen LogP contribution >= 0.6 is 11.6 Å². The third-order valence-electron chi connectivity index (χ3n) is 4.32. The maximum absolute atomic E-state index is 12.8. The van der Waals surface area contributed by atoms with Gasteiger partial charge in [0.15, 0.2) is 0 Å². The number of aliphatic imine (C=N–C) groups is 1. The van der Waals surface area contributed by atoms with E-state index < -0.39 is 5.91 Å². The molecule has 8 heteroatoms. The standard InChI is InChI=1S/C22H20ClN5O2/c1-13-3-9-18(17(11-13)22(30)28-19-10-8-16(23)12-26-19)27-21(29)15-6-4-14(5-7-15)20(24)25-2/h3-12H,1-2H3,(H2,24,25)(H,27,29)(H,26,28,30). The van der Waals surface area contributed by atoms with E-state index in [2.05, 4.69) is 20.6 Å². The van der Waals surface area contributed by atoms with Crippen LogP contribution in [-0.4, -0.2) is 29.7 Å². The Morgan fingerprint density at radius 2 is 1.67 bits per heavy atom. The molecule has 152 valence electrons. The van der Waals surface area contributed by atoms with Crippen LogP contribution in [0.25, 0.3) is 0 Å². The molecule has 0 atom stereocenters. The summed E-state index contributed by atoms with van der Waals surface area (Å²) in [5.41, 5.74) is 8.50. The molecule has 0 aliphatic heterocycles. The van der Waals surface area contributed by atoms with E-state index >= 15 is 0 Å². The number of rotatable bonds is 5. The number of nitrogens with one attached hydrogen (secondary N) is 2. The average Bonchev–Trinajstić information content (AvgIpc) is 2.76. The molecule has 3 rings (SSSR count). The van der Waals surface area contributed by atoms with Gasteiger partial charge >= 0.3 is 0 Å². The van der Waals surface area contributed by atoms with Crippen LogP contribution in [0.3, 0.4) is 0 Å². The predicted octanol–water partition coefficient (Wildman–Crippen LogP) is 3.88. The number of amides is 2. The SMILES string of the molecule is CN=C(N)c1ccc(C(=O)Nc2ccc(C)cc2C(=O)Nc2ccc(Cl)cn2)cc1. The Morgan fingerprint density at radius 1 is 0.967 bits per heavy atom. The highest BCUT2D eigenvalue weighted by molar-refractivity contribution is 6.30. The lowest BCUT2D eigenvalue weighted by atomic mass is 10.1. The number of nitrogens with zero attached hydrogens (tertiary/aromatic N) is 2. The molecule has 1 aromatic heterocycles. The minimum absolute atomic E-state index is 0.319. The summed E-state index contributed by atoms with van der Waals surface area (Å²) in [6.07, 6.45) is 1.44. The van der Waals surface area contributed by atoms with Gasteiger partial charge in [-0.2, -0.15) is 0 Å². The fourth-order valence-electron chi connectivity index (χ4n) is 2.70. The number of hydrogen-bond donors (Lipinski definition) is 3. The smallest absolute Gasteiger partial charge is 0.258 e. The summed E-state index contributed by atoms with van der Waals surface area (Å²) in [5, 5.41) is 5.96. The Hall–Kier alpha value is -3.71. The second kappa shape index (κ2) is 9.19. The molecule has 0 aliphatic carbocycles. The van der Waals surface area contributed by atoms with Gasteiger partial charge in [-0.25, -0.2) is 4.98 Å². The van der Waals surface area contributed by atoms with Crippen LogP contribution in [0, 0.1) is 6.92 Å². The average molecular weight is 422 g/mol. The predicted molar refractivity (Wildman–Crippen MR) is 119 cm³/mol. The maximum atomic E-state index is 12.8. The van der Waals surface area contributed by atoms with Crippen molar-refractivity contribution < 1.29 is 9.59 Å². The number of aromatic nitrogens is 1. The first-order valence-electron chi connectivity index (χ1n) is 9.05. The molecule has 1 heterocycles. The lowest BCUT2D eigenvalue weighted by molar-refractivity contribution is 0.102. The van der Waals surface area contributed by atoms with Crippen molar-refractivity contribution in [2.75, 3.05) is 17.7 Å². The van der Waals surface area contributed by atoms with Gasteiger partial charge in [0.2, 0.25) is 0 Å². The van der Waals surface area contributed by atoms with Crippen molar-refractivity contribution in [3.8, 4) is 0 Å². The zero-order valence-corrected chi connectivity index (χ0v) is 17.2. The summed E-state index contributed by atoms with van der Waals surface area (Å²) in [7, 11) is 1.60. The molecular formula is C22H20ClN5O2. The van der Waals surface area contributed by atoms with E-state index in [-0.39, 0.29) is 5.91 Å². The largest absolute Gasteiger partial charge is 0.384 e. The number of aryl methyl sites for hydroxylation is 1. The third kappa shape index (κ3) is 5.01. The lowest BCUT2D eigenvalue weighted by Gasteiger charge is -2.12. The monoisotopic (exact) mass is 421 g/mol. The summed E-state index contributed by atoms with van der Waals surface area (Å²) in [4.78, 5) is 33.4. The normalized spacial score (nSPS) is 11.1. The number of pyridine rings is 1. The zero-order chi connectivity index (χ0) is 21.7. The van der Waals surface area contributed by atoms with Gasteiger partial charge in [-0.3, -0.25) is 14.6 Å². The van der Waals surface area contributed by atoms with Gasteiger partial charge in [0.25, 0.3) is 11.8 Å². The molecule has 0 fully saturated rings. The Kier molecular flexibility index (Phi) is 6.44. The van der Waals surface area contributed by atoms with Crippen LogP contribution in [0.5, 0.6) is 0 Å². The molecule has 7 nitrogen and oxygen atoms in total. The number of anilines is 2. The molecule has 0 aliphatic rings. The van der Waals surface area contributed by atoms with Crippen LogP contribution < -0.4 is 16.4 Å². The summed E-state index contributed by atoms with van der Waals surface area (Å²) < 4.78 is 0. The number of carbonyl (C=O) groups excluding carboxylic acids is 2. The second-order valence-corrected chi connectivity index (χ2v) is 6.94. The molecule has 0 unspecified atom stereocenters. The summed E-state index contributed by atoms with van der Waals surface area (Å²) in [6, 6.07) is 15.1. The Labute approximate surface area is 179 Å². The highest BCUT2D eigenvalue weighted by Gasteiger charge is 2.16. The minimum atomic E-state index is -0.397. The van der Waals surface area contributed by atoms with Crippen molar-refractivity contribution in [2.24, 2.45) is 10.7 Å².